The number of piperidine rings is 1. The van der Waals surface area contributed by atoms with Crippen molar-refractivity contribution in [3.05, 3.63) is 66.0 Å². The zero-order valence-corrected chi connectivity index (χ0v) is 15.3. The molecule has 1 aromatic heterocycles. The molecular formula is C22H29N2O+. The summed E-state index contributed by atoms with van der Waals surface area (Å²) >= 11 is 0. The van der Waals surface area contributed by atoms with Crippen molar-refractivity contribution in [2.75, 3.05) is 14.1 Å². The third-order valence-electron chi connectivity index (χ3n) is 6.85. The Bertz CT molecular complexity index is 658. The lowest BCUT2D eigenvalue weighted by atomic mass is 9.76. The van der Waals surface area contributed by atoms with Crippen molar-refractivity contribution in [2.45, 2.75) is 49.8 Å². The van der Waals surface area contributed by atoms with Crippen molar-refractivity contribution >= 4 is 0 Å². The van der Waals surface area contributed by atoms with Crippen LogP contribution in [0, 0.1) is 5.92 Å². The van der Waals surface area contributed by atoms with E-state index in [1.165, 1.54) is 30.2 Å². The molecule has 2 aliphatic heterocycles. The van der Waals surface area contributed by atoms with E-state index in [4.69, 9.17) is 0 Å². The highest BCUT2D eigenvalue weighted by atomic mass is 16.3. The molecular weight excluding hydrogens is 308 g/mol. The molecule has 4 rings (SSSR count). The van der Waals surface area contributed by atoms with Crippen LogP contribution in [0.1, 0.15) is 43.4 Å². The lowest BCUT2D eigenvalue weighted by Gasteiger charge is -2.45. The summed E-state index contributed by atoms with van der Waals surface area (Å²) in [6.07, 6.45) is 7.65. The van der Waals surface area contributed by atoms with E-state index in [0.29, 0.717) is 5.92 Å². The van der Waals surface area contributed by atoms with Crippen LogP contribution in [-0.2, 0) is 5.60 Å². The zero-order valence-electron chi connectivity index (χ0n) is 15.3. The van der Waals surface area contributed by atoms with E-state index in [2.05, 4.69) is 19.1 Å². The van der Waals surface area contributed by atoms with Crippen LogP contribution in [0.4, 0.5) is 0 Å². The number of hydrogen-bond donors (Lipinski definition) is 1. The van der Waals surface area contributed by atoms with Crippen LogP contribution < -0.4 is 0 Å². The lowest BCUT2D eigenvalue weighted by Crippen LogP contribution is -2.55. The number of nitrogens with zero attached hydrogens (tertiary/aromatic N) is 2. The van der Waals surface area contributed by atoms with Gasteiger partial charge in [-0.25, -0.2) is 0 Å². The normalized spacial score (nSPS) is 30.0. The summed E-state index contributed by atoms with van der Waals surface area (Å²) in [4.78, 5) is 4.52. The van der Waals surface area contributed by atoms with Crippen LogP contribution in [0.15, 0.2) is 54.7 Å². The lowest BCUT2D eigenvalue weighted by molar-refractivity contribution is -0.931. The Morgan fingerprint density at radius 1 is 1.00 bits per heavy atom. The fourth-order valence-corrected chi connectivity index (χ4v) is 5.27. The first-order chi connectivity index (χ1) is 12.0. The monoisotopic (exact) mass is 337 g/mol. The summed E-state index contributed by atoms with van der Waals surface area (Å²) in [5.74, 6) is 0.552. The molecule has 3 atom stereocenters. The van der Waals surface area contributed by atoms with Crippen LogP contribution in [0.3, 0.4) is 0 Å². The molecule has 2 bridgehead atoms. The minimum Gasteiger partial charge on any atom is -0.379 e. The summed E-state index contributed by atoms with van der Waals surface area (Å²) in [5, 5.41) is 11.8. The Hall–Kier alpha value is -1.71. The van der Waals surface area contributed by atoms with Gasteiger partial charge in [0, 0.05) is 31.9 Å². The predicted molar refractivity (Wildman–Crippen MR) is 99.9 cm³/mol. The quantitative estimate of drug-likeness (QED) is 0.863. The molecule has 3 nitrogen and oxygen atoms in total. The number of quaternary nitrogens is 1. The van der Waals surface area contributed by atoms with Gasteiger partial charge in [0.1, 0.15) is 5.60 Å². The molecule has 2 aliphatic rings. The summed E-state index contributed by atoms with van der Waals surface area (Å²) in [6, 6.07) is 17.4. The van der Waals surface area contributed by atoms with Gasteiger partial charge in [-0.1, -0.05) is 36.4 Å². The molecule has 0 saturated carbocycles. The Labute approximate surface area is 150 Å². The molecule has 25 heavy (non-hydrogen) atoms. The second-order valence-corrected chi connectivity index (χ2v) is 8.50. The number of fused-ring (bicyclic) bond motifs is 2. The van der Waals surface area contributed by atoms with Crippen molar-refractivity contribution in [2.24, 2.45) is 5.92 Å². The van der Waals surface area contributed by atoms with Crippen LogP contribution in [-0.4, -0.2) is 40.8 Å². The van der Waals surface area contributed by atoms with Gasteiger partial charge >= 0.3 is 0 Å². The summed E-state index contributed by atoms with van der Waals surface area (Å²) < 4.78 is 1.17. The third kappa shape index (κ3) is 2.90. The van der Waals surface area contributed by atoms with Gasteiger partial charge in [-0.3, -0.25) is 4.98 Å². The minimum absolute atomic E-state index is 0.552. The van der Waals surface area contributed by atoms with Crippen molar-refractivity contribution in [3.8, 4) is 0 Å². The molecule has 2 fully saturated rings. The number of rotatable bonds is 4. The Morgan fingerprint density at radius 3 is 2.24 bits per heavy atom. The highest BCUT2D eigenvalue weighted by molar-refractivity contribution is 5.32. The maximum absolute atomic E-state index is 11.8. The summed E-state index contributed by atoms with van der Waals surface area (Å²) in [5.41, 5.74) is 0.731. The van der Waals surface area contributed by atoms with Gasteiger partial charge in [-0.05, 0) is 30.0 Å². The molecule has 1 aromatic carbocycles. The maximum atomic E-state index is 11.8. The first-order valence-electron chi connectivity index (χ1n) is 9.53. The van der Waals surface area contributed by atoms with E-state index in [1.54, 1.807) is 6.20 Å². The Morgan fingerprint density at radius 2 is 1.64 bits per heavy atom. The van der Waals surface area contributed by atoms with Crippen molar-refractivity contribution in [1.29, 1.82) is 0 Å². The molecule has 3 heteroatoms. The number of aliphatic hydroxyl groups is 1. The van der Waals surface area contributed by atoms with Gasteiger partial charge in [0.15, 0.2) is 0 Å². The highest BCUT2D eigenvalue weighted by Gasteiger charge is 2.50. The molecule has 3 heterocycles. The molecule has 2 aromatic rings. The van der Waals surface area contributed by atoms with E-state index in [1.807, 2.05) is 48.5 Å². The van der Waals surface area contributed by atoms with Gasteiger partial charge in [0.25, 0.3) is 0 Å². The molecule has 3 unspecified atom stereocenters. The van der Waals surface area contributed by atoms with Gasteiger partial charge in [0.05, 0.1) is 31.9 Å². The molecule has 132 valence electrons. The van der Waals surface area contributed by atoms with Crippen LogP contribution >= 0.6 is 0 Å². The number of benzene rings is 1. The average Bonchev–Trinajstić information content (AvgIpc) is 2.80. The van der Waals surface area contributed by atoms with Crippen molar-refractivity contribution < 1.29 is 9.59 Å². The topological polar surface area (TPSA) is 33.1 Å². The second kappa shape index (κ2) is 6.22. The van der Waals surface area contributed by atoms with Crippen LogP contribution in [0.2, 0.25) is 0 Å². The maximum Gasteiger partial charge on any atom is 0.132 e. The average molecular weight is 337 g/mol. The second-order valence-electron chi connectivity index (χ2n) is 8.50. The molecule has 2 saturated heterocycles. The van der Waals surface area contributed by atoms with Gasteiger partial charge in [0.2, 0.25) is 0 Å². The first-order valence-corrected chi connectivity index (χ1v) is 9.53. The van der Waals surface area contributed by atoms with Crippen LogP contribution in [0.25, 0.3) is 0 Å². The summed E-state index contributed by atoms with van der Waals surface area (Å²) in [6.45, 7) is 0. The number of hydrogen-bond acceptors (Lipinski definition) is 2. The van der Waals surface area contributed by atoms with Crippen molar-refractivity contribution in [3.63, 3.8) is 0 Å². The van der Waals surface area contributed by atoms with E-state index >= 15 is 0 Å². The van der Waals surface area contributed by atoms with Gasteiger partial charge < -0.3 is 9.59 Å². The minimum atomic E-state index is -0.999. The van der Waals surface area contributed by atoms with E-state index in [0.717, 1.165) is 29.8 Å². The smallest absolute Gasteiger partial charge is 0.132 e. The molecule has 0 amide bonds. The SMILES string of the molecule is C[N+]1(C)C2CCC1CC(CC(O)(c1ccccc1)c1ccccn1)C2. The third-order valence-corrected chi connectivity index (χ3v) is 6.85. The standard InChI is InChI=1S/C22H29N2O/c1-24(2)19-11-12-20(24)15-17(14-19)16-22(25,18-8-4-3-5-9-18)21-10-6-7-13-23-21/h3-10,13,17,19-20,25H,11-12,14-16H2,1-2H3/q+1. The number of pyridine rings is 1. The number of aromatic nitrogens is 1. The van der Waals surface area contributed by atoms with Gasteiger partial charge in [-0.2, -0.15) is 0 Å². The molecule has 0 spiro atoms. The fraction of sp³-hybridized carbons (Fsp3) is 0.500. The Kier molecular flexibility index (Phi) is 4.17. The van der Waals surface area contributed by atoms with Crippen LogP contribution in [0.5, 0.6) is 0 Å². The van der Waals surface area contributed by atoms with E-state index in [9.17, 15) is 5.11 Å². The summed E-state index contributed by atoms with van der Waals surface area (Å²) in [7, 11) is 4.78. The van der Waals surface area contributed by atoms with E-state index < -0.39 is 5.60 Å². The predicted octanol–water partition coefficient (Wildman–Crippen LogP) is 3.73. The largest absolute Gasteiger partial charge is 0.379 e. The van der Waals surface area contributed by atoms with E-state index in [-0.39, 0.29) is 0 Å². The first kappa shape index (κ1) is 16.7. The Balaban J connectivity index is 1.65. The molecule has 0 aliphatic carbocycles. The van der Waals surface area contributed by atoms with Crippen molar-refractivity contribution in [1.82, 2.24) is 4.98 Å². The van der Waals surface area contributed by atoms with Gasteiger partial charge in [-0.15, -0.1) is 0 Å². The highest BCUT2D eigenvalue weighted by Crippen LogP contribution is 2.46. The zero-order chi connectivity index (χ0) is 17.5. The molecule has 1 N–H and O–H groups in total. The molecule has 0 radical (unpaired) electrons. The fourth-order valence-electron chi connectivity index (χ4n) is 5.27.